The van der Waals surface area contributed by atoms with Crippen molar-refractivity contribution in [3.8, 4) is 5.75 Å². The van der Waals surface area contributed by atoms with Crippen molar-refractivity contribution in [1.29, 1.82) is 0 Å². The van der Waals surface area contributed by atoms with Gasteiger partial charge in [-0.15, -0.1) is 0 Å². The largest absolute Gasteiger partial charge is 0.508 e. The predicted molar refractivity (Wildman–Crippen MR) is 294 cm³/mol. The minimum Gasteiger partial charge on any atom is -0.508 e. The number of rotatable bonds is 23. The number of guanidine groups is 2. The van der Waals surface area contributed by atoms with E-state index in [2.05, 4.69) is 52.2 Å². The van der Waals surface area contributed by atoms with Gasteiger partial charge in [-0.3, -0.25) is 43.5 Å². The zero-order valence-corrected chi connectivity index (χ0v) is 44.1. The first kappa shape index (κ1) is 60.1. The van der Waals surface area contributed by atoms with Crippen molar-refractivity contribution in [2.24, 2.45) is 38.7 Å². The van der Waals surface area contributed by atoms with Crippen LogP contribution in [0.25, 0.3) is 10.9 Å². The number of aliphatic imine (C=N–C) groups is 2. The number of nitrogens with zero attached hydrogens (tertiary/aromatic N) is 2. The zero-order chi connectivity index (χ0) is 56.0. The first-order chi connectivity index (χ1) is 36.8. The van der Waals surface area contributed by atoms with Crippen molar-refractivity contribution in [3.63, 3.8) is 0 Å². The minimum atomic E-state index is -1.39. The highest BCUT2D eigenvalue weighted by Gasteiger charge is 2.34. The number of nitrogens with two attached hydrogens (primary N) is 5. The van der Waals surface area contributed by atoms with E-state index in [1.54, 1.807) is 42.6 Å². The Bertz CT molecular complexity index is 2760. The number of aromatic hydroxyl groups is 1. The van der Waals surface area contributed by atoms with Gasteiger partial charge in [0, 0.05) is 59.6 Å². The van der Waals surface area contributed by atoms with E-state index in [9.17, 15) is 48.6 Å². The zero-order valence-electron chi connectivity index (χ0n) is 41.7. The maximum Gasteiger partial charge on any atom is 0.326 e. The summed E-state index contributed by atoms with van der Waals surface area (Å²) in [5.74, 6) is -7.61. The normalized spacial score (nSPS) is 18.3. The maximum atomic E-state index is 14.6. The second-order valence-corrected chi connectivity index (χ2v) is 20.8. The molecule has 25 nitrogen and oxygen atoms in total. The molecule has 7 amide bonds. The molecule has 1 aliphatic heterocycles. The number of halogens is 1. The number of carbonyl (C=O) groups excluding carboxylic acids is 7. The molecule has 20 N–H and O–H groups in total. The van der Waals surface area contributed by atoms with Crippen LogP contribution in [0.15, 0.2) is 89.0 Å². The summed E-state index contributed by atoms with van der Waals surface area (Å²) in [7, 11) is 2.12. The molecule has 1 saturated heterocycles. The first-order valence-corrected chi connectivity index (χ1v) is 27.1. The Hall–Kier alpha value is -7.75. The third-order valence-corrected chi connectivity index (χ3v) is 14.5. The Morgan fingerprint density at radius 3 is 1.99 bits per heavy atom. The third-order valence-electron chi connectivity index (χ3n) is 11.8. The second-order valence-electron chi connectivity index (χ2n) is 17.8. The van der Waals surface area contributed by atoms with Crippen LogP contribution < -0.4 is 65.9 Å². The second kappa shape index (κ2) is 30.1. The molecule has 2 heterocycles. The number of phenols is 1. The van der Waals surface area contributed by atoms with Gasteiger partial charge in [0.05, 0.1) is 12.6 Å². The minimum absolute atomic E-state index is 0.0204. The number of benzene rings is 3. The fourth-order valence-electron chi connectivity index (χ4n) is 7.81. The molecule has 5 rings (SSSR count). The Labute approximate surface area is 455 Å². The topological polar surface area (TPSA) is 432 Å². The molecule has 4 aromatic rings. The van der Waals surface area contributed by atoms with E-state index in [1.165, 1.54) is 12.1 Å². The molecule has 1 aromatic heterocycles. The molecule has 0 unspecified atom stereocenters. The molecule has 7 atom stereocenters. The van der Waals surface area contributed by atoms with Crippen LogP contribution in [0.5, 0.6) is 5.75 Å². The molecule has 1 fully saturated rings. The molecule has 0 aliphatic carbocycles. The Morgan fingerprint density at radius 1 is 0.727 bits per heavy atom. The summed E-state index contributed by atoms with van der Waals surface area (Å²) in [6, 6.07) is 10.7. The van der Waals surface area contributed by atoms with Gasteiger partial charge >= 0.3 is 5.97 Å². The molecule has 0 spiro atoms. The molecule has 0 bridgehead atoms. The van der Waals surface area contributed by atoms with Crippen LogP contribution in [-0.4, -0.2) is 148 Å². The summed E-state index contributed by atoms with van der Waals surface area (Å²) in [6.45, 7) is -0.563. The van der Waals surface area contributed by atoms with Gasteiger partial charge in [0.2, 0.25) is 41.4 Å². The fraction of sp³-hybridized carbons (Fsp3) is 0.388. The Morgan fingerprint density at radius 2 is 1.32 bits per heavy atom. The van der Waals surface area contributed by atoms with Crippen LogP contribution in [0.2, 0.25) is 5.02 Å². The number of fused-ring (bicyclic) bond motifs is 1. The van der Waals surface area contributed by atoms with Gasteiger partial charge in [0.15, 0.2) is 11.9 Å². The van der Waals surface area contributed by atoms with Crippen LogP contribution in [0.3, 0.4) is 0 Å². The summed E-state index contributed by atoms with van der Waals surface area (Å²) < 4.78 is 0. The molecule has 0 saturated carbocycles. The number of hydrogen-bond donors (Lipinski definition) is 15. The van der Waals surface area contributed by atoms with Crippen molar-refractivity contribution in [3.05, 3.63) is 101 Å². The number of carboxylic acid groups (broad SMARTS) is 1. The predicted octanol–water partition coefficient (Wildman–Crippen LogP) is -1.51. The molecule has 1 aliphatic rings. The molecular formula is C49H64ClN15O10S2. The van der Waals surface area contributed by atoms with Crippen LogP contribution in [0.1, 0.15) is 42.4 Å². The Balaban J connectivity index is 1.39. The average Bonchev–Trinajstić information content (AvgIpc) is 3.80. The summed E-state index contributed by atoms with van der Waals surface area (Å²) >= 11 is 6.17. The molecule has 77 heavy (non-hydrogen) atoms. The van der Waals surface area contributed by atoms with Gasteiger partial charge in [-0.2, -0.15) is 0 Å². The highest BCUT2D eigenvalue weighted by atomic mass is 35.5. The van der Waals surface area contributed by atoms with Gasteiger partial charge in [-0.1, -0.05) is 75.7 Å². The van der Waals surface area contributed by atoms with E-state index in [4.69, 9.17) is 40.3 Å². The van der Waals surface area contributed by atoms with E-state index in [1.807, 2.05) is 24.3 Å². The summed E-state index contributed by atoms with van der Waals surface area (Å²) in [5, 5.41) is 39.2. The fourth-order valence-corrected chi connectivity index (χ4v) is 10.3. The number of para-hydroxylation sites is 1. The van der Waals surface area contributed by atoms with Crippen LogP contribution >= 0.6 is 33.2 Å². The highest BCUT2D eigenvalue weighted by molar-refractivity contribution is 8.76. The monoisotopic (exact) mass is 1120 g/mol. The van der Waals surface area contributed by atoms with Crippen molar-refractivity contribution in [2.75, 3.05) is 31.1 Å². The molecular weight excluding hydrogens is 1060 g/mol. The van der Waals surface area contributed by atoms with Crippen LogP contribution in [-0.2, 0) is 57.6 Å². The number of carboxylic acids is 1. The first-order valence-electron chi connectivity index (χ1n) is 24.3. The van der Waals surface area contributed by atoms with Crippen molar-refractivity contribution >= 4 is 103 Å². The molecule has 0 radical (unpaired) electrons. The summed E-state index contributed by atoms with van der Waals surface area (Å²) in [5.41, 5.74) is 30.5. The van der Waals surface area contributed by atoms with E-state index in [0.717, 1.165) is 32.5 Å². The molecule has 28 heteroatoms. The lowest BCUT2D eigenvalue weighted by atomic mass is 10.0. The van der Waals surface area contributed by atoms with Crippen molar-refractivity contribution in [2.45, 2.75) is 87.2 Å². The van der Waals surface area contributed by atoms with E-state index < -0.39 is 96.2 Å². The van der Waals surface area contributed by atoms with Gasteiger partial charge < -0.3 is 81.1 Å². The van der Waals surface area contributed by atoms with Gasteiger partial charge in [0.1, 0.15) is 42.0 Å². The van der Waals surface area contributed by atoms with Gasteiger partial charge in [0.25, 0.3) is 0 Å². The lowest BCUT2D eigenvalue weighted by molar-refractivity contribution is -0.142. The van der Waals surface area contributed by atoms with Crippen LogP contribution in [0, 0.1) is 0 Å². The summed E-state index contributed by atoms with van der Waals surface area (Å²) in [6.07, 6.45) is 1.84. The smallest absolute Gasteiger partial charge is 0.326 e. The number of carbonyl (C=O) groups is 8. The number of amides is 7. The number of H-pyrrole nitrogens is 1. The van der Waals surface area contributed by atoms with Crippen LogP contribution in [0.4, 0.5) is 0 Å². The SMILES string of the molecule is NC(N)=NCCC[C@@H](NC(=O)[C@@H](CCCN=C(N)N)NC(=O)CNC(=O)[C@@H]1CSSC[C@H](NC(=O)[C@@H](N)Cc2ccc(O)cc2)C(=O)N[C@@H](Cc2c[nH]c3ccccc23)C(=O)N[C@@H](Cc2ccc(Cl)cc2)C(=O)N1)C(=O)O. The number of aliphatic carboxylic acids is 1. The Kier molecular flexibility index (Phi) is 23.5. The third kappa shape index (κ3) is 20.0. The standard InChI is InChI=1S/C49H64ClN15O10S2/c50-29-13-9-27(10-14-29)20-36-44(71)65-38(42(69)59-23-40(67)60-34(7-3-17-56-48(52)53)43(70)61-35(47(74)75)8-4-18-57-49(54)55)24-76-77-25-39(64-41(68)32(51)19-26-11-15-30(66)16-12-26)46(73)63-37(45(72)62-36)21-28-22-58-33-6-2-1-5-31(28)33/h1-2,5-6,9-16,22,32,34-39,58,66H,3-4,7-8,17-21,23-25,51H2,(H,59,69)(H,60,67)(H,61,70)(H,62,72)(H,63,73)(H,64,68)(H,65,71)(H,74,75)(H4,52,53,56)(H4,54,55,57)/t32-,34+,35+,36-,37-,38-,39-/m0/s1. The van der Waals surface area contributed by atoms with E-state index >= 15 is 0 Å². The summed E-state index contributed by atoms with van der Waals surface area (Å²) in [4.78, 5) is 121. The average molecular weight is 1120 g/mol. The number of aromatic nitrogens is 1. The quantitative estimate of drug-likeness (QED) is 0.0174. The lowest BCUT2D eigenvalue weighted by Crippen LogP contribution is -2.60. The van der Waals surface area contributed by atoms with E-state index in [-0.39, 0.29) is 87.2 Å². The van der Waals surface area contributed by atoms with Crippen molar-refractivity contribution in [1.82, 2.24) is 42.2 Å². The van der Waals surface area contributed by atoms with Gasteiger partial charge in [-0.25, -0.2) is 4.79 Å². The van der Waals surface area contributed by atoms with E-state index in [0.29, 0.717) is 21.7 Å². The van der Waals surface area contributed by atoms with Gasteiger partial charge in [-0.05, 0) is 79.1 Å². The molecule has 3 aromatic carbocycles. The number of aromatic amines is 1. The maximum absolute atomic E-state index is 14.6. The number of phenolic OH excluding ortho intramolecular Hbond substituents is 1. The van der Waals surface area contributed by atoms with Crippen molar-refractivity contribution < 1.29 is 48.6 Å². The molecule has 414 valence electrons. The highest BCUT2D eigenvalue weighted by Crippen LogP contribution is 2.25. The number of hydrogen-bond acceptors (Lipinski definition) is 14. The lowest BCUT2D eigenvalue weighted by Gasteiger charge is -2.28. The number of nitrogens with one attached hydrogen (secondary N) is 8.